The number of hydrogen-bond acceptors (Lipinski definition) is 4. The van der Waals surface area contributed by atoms with Crippen molar-refractivity contribution >= 4 is 35.1 Å². The van der Waals surface area contributed by atoms with Crippen molar-refractivity contribution in [2.45, 2.75) is 0 Å². The first-order chi connectivity index (χ1) is 7.86. The summed E-state index contributed by atoms with van der Waals surface area (Å²) in [6.45, 7) is 0. The lowest BCUT2D eigenvalue weighted by atomic mass is 9.77. The van der Waals surface area contributed by atoms with Gasteiger partial charge in [-0.1, -0.05) is 18.2 Å². The topological polar surface area (TPSA) is 35.8 Å². The molecule has 0 radical (unpaired) electrons. The summed E-state index contributed by atoms with van der Waals surface area (Å²) in [6, 6.07) is 11.6. The summed E-state index contributed by atoms with van der Waals surface area (Å²) in [5.74, 6) is 0. The summed E-state index contributed by atoms with van der Waals surface area (Å²) in [7, 11) is -0.678. The number of rotatable bonds is 1. The molecule has 2 heterocycles. The molecular formula is C11H9BN2OS. The van der Waals surface area contributed by atoms with Crippen LogP contribution in [0.15, 0.2) is 46.9 Å². The van der Waals surface area contributed by atoms with Crippen LogP contribution in [0.2, 0.25) is 0 Å². The Labute approximate surface area is 97.8 Å². The Kier molecular flexibility index (Phi) is 2.27. The third-order valence-corrected chi connectivity index (χ3v) is 3.51. The molecule has 0 saturated heterocycles. The van der Waals surface area contributed by atoms with Crippen LogP contribution in [-0.4, -0.2) is 18.3 Å². The fraction of sp³-hybridized carbons (Fsp3) is 0. The lowest BCUT2D eigenvalue weighted by Gasteiger charge is -2.24. The van der Waals surface area contributed by atoms with E-state index >= 15 is 0 Å². The van der Waals surface area contributed by atoms with Crippen molar-refractivity contribution in [2.24, 2.45) is 5.10 Å². The Morgan fingerprint density at radius 1 is 1.19 bits per heavy atom. The van der Waals surface area contributed by atoms with Gasteiger partial charge in [0.1, 0.15) is 0 Å². The zero-order valence-electron chi connectivity index (χ0n) is 8.45. The highest BCUT2D eigenvalue weighted by atomic mass is 32.1. The second-order valence-electron chi connectivity index (χ2n) is 3.54. The molecule has 0 amide bonds. The highest BCUT2D eigenvalue weighted by molar-refractivity contribution is 7.22. The number of hydrazone groups is 1. The van der Waals surface area contributed by atoms with Crippen molar-refractivity contribution in [1.29, 1.82) is 0 Å². The lowest BCUT2D eigenvalue weighted by Crippen LogP contribution is -2.48. The molecule has 1 N–H and O–H groups in total. The van der Waals surface area contributed by atoms with Gasteiger partial charge >= 0.3 is 7.05 Å². The molecule has 0 saturated carbocycles. The van der Waals surface area contributed by atoms with E-state index < -0.39 is 7.05 Å². The van der Waals surface area contributed by atoms with Crippen molar-refractivity contribution in [2.75, 3.05) is 4.92 Å². The zero-order valence-corrected chi connectivity index (χ0v) is 9.26. The number of thiophene rings is 1. The van der Waals surface area contributed by atoms with E-state index in [1.165, 1.54) is 0 Å². The van der Waals surface area contributed by atoms with Gasteiger partial charge in [-0.2, -0.15) is 16.4 Å². The first-order valence-corrected chi connectivity index (χ1v) is 5.88. The second kappa shape index (κ2) is 3.77. The number of nitrogens with zero attached hydrogens (tertiary/aromatic N) is 2. The van der Waals surface area contributed by atoms with Crippen molar-refractivity contribution in [3.63, 3.8) is 0 Å². The average Bonchev–Trinajstić information content (AvgIpc) is 2.80. The predicted octanol–water partition coefficient (Wildman–Crippen LogP) is 1.29. The van der Waals surface area contributed by atoms with Gasteiger partial charge in [-0.15, -0.1) is 0 Å². The van der Waals surface area contributed by atoms with E-state index in [4.69, 9.17) is 0 Å². The van der Waals surface area contributed by atoms with E-state index in [9.17, 15) is 5.02 Å². The smallest absolute Gasteiger partial charge is 0.427 e. The Bertz CT molecular complexity index is 526. The highest BCUT2D eigenvalue weighted by Crippen LogP contribution is 2.18. The molecule has 3 rings (SSSR count). The molecule has 0 spiro atoms. The monoisotopic (exact) mass is 228 g/mol. The predicted molar refractivity (Wildman–Crippen MR) is 68.4 cm³/mol. The molecule has 1 aliphatic heterocycles. The highest BCUT2D eigenvalue weighted by Gasteiger charge is 2.31. The van der Waals surface area contributed by atoms with Crippen LogP contribution in [0.25, 0.3) is 0 Å². The van der Waals surface area contributed by atoms with Crippen LogP contribution < -0.4 is 9.70 Å². The minimum Gasteiger partial charge on any atom is -0.427 e. The lowest BCUT2D eigenvalue weighted by molar-refractivity contribution is 0.579. The van der Waals surface area contributed by atoms with Gasteiger partial charge in [-0.05, 0) is 23.6 Å². The molecule has 0 aliphatic carbocycles. The van der Waals surface area contributed by atoms with E-state index in [0.29, 0.717) is 0 Å². The fourth-order valence-electron chi connectivity index (χ4n) is 1.73. The van der Waals surface area contributed by atoms with Gasteiger partial charge in [0.25, 0.3) is 0 Å². The molecule has 5 heteroatoms. The molecule has 16 heavy (non-hydrogen) atoms. The van der Waals surface area contributed by atoms with Gasteiger partial charge in [0.05, 0.1) is 6.21 Å². The molecule has 0 atom stereocenters. The first-order valence-electron chi connectivity index (χ1n) is 5.00. The van der Waals surface area contributed by atoms with Crippen LogP contribution in [0.4, 0.5) is 5.69 Å². The molecule has 3 nitrogen and oxygen atoms in total. The molecule has 1 aliphatic rings. The van der Waals surface area contributed by atoms with Crippen molar-refractivity contribution in [1.82, 2.24) is 0 Å². The standard InChI is InChI=1S/C11H9BN2OS/c15-12-11-9(6-7-16-11)8-13-14(12)10-4-2-1-3-5-10/h1-8,15H. The molecule has 2 aromatic rings. The summed E-state index contributed by atoms with van der Waals surface area (Å²) in [6.07, 6.45) is 1.78. The van der Waals surface area contributed by atoms with Crippen molar-refractivity contribution in [3.05, 3.63) is 47.3 Å². The Morgan fingerprint density at radius 3 is 2.81 bits per heavy atom. The molecule has 1 aromatic heterocycles. The van der Waals surface area contributed by atoms with Gasteiger partial charge in [0, 0.05) is 16.0 Å². The maximum absolute atomic E-state index is 10.2. The van der Waals surface area contributed by atoms with Crippen LogP contribution in [0.1, 0.15) is 5.56 Å². The Hall–Kier alpha value is -1.59. The second-order valence-corrected chi connectivity index (χ2v) is 4.49. The van der Waals surface area contributed by atoms with Crippen LogP contribution in [-0.2, 0) is 0 Å². The van der Waals surface area contributed by atoms with Gasteiger partial charge in [0.2, 0.25) is 0 Å². The minimum atomic E-state index is -0.678. The largest absolute Gasteiger partial charge is 0.482 e. The minimum absolute atomic E-state index is 0.678. The summed E-state index contributed by atoms with van der Waals surface area (Å²) >= 11 is 1.55. The summed E-state index contributed by atoms with van der Waals surface area (Å²) in [5.41, 5.74) is 1.90. The maximum atomic E-state index is 10.2. The first kappa shape index (κ1) is 9.63. The average molecular weight is 228 g/mol. The molecule has 0 unspecified atom stereocenters. The van der Waals surface area contributed by atoms with Gasteiger partial charge in [0.15, 0.2) is 0 Å². The normalized spacial score (nSPS) is 14.1. The van der Waals surface area contributed by atoms with Crippen LogP contribution >= 0.6 is 11.3 Å². The third kappa shape index (κ3) is 1.45. The van der Waals surface area contributed by atoms with Crippen LogP contribution in [0.3, 0.4) is 0 Å². The van der Waals surface area contributed by atoms with E-state index in [1.54, 1.807) is 22.5 Å². The van der Waals surface area contributed by atoms with Crippen LogP contribution in [0, 0.1) is 0 Å². The number of hydrogen-bond donors (Lipinski definition) is 1. The number of para-hydroxylation sites is 1. The van der Waals surface area contributed by atoms with E-state index in [0.717, 1.165) is 16.0 Å². The molecule has 78 valence electrons. The van der Waals surface area contributed by atoms with Crippen molar-refractivity contribution in [3.8, 4) is 0 Å². The summed E-state index contributed by atoms with van der Waals surface area (Å²) in [4.78, 5) is 1.62. The molecule has 0 bridgehead atoms. The Morgan fingerprint density at radius 2 is 2.00 bits per heavy atom. The van der Waals surface area contributed by atoms with E-state index in [1.807, 2.05) is 41.8 Å². The summed E-state index contributed by atoms with van der Waals surface area (Å²) in [5, 5.41) is 16.4. The van der Waals surface area contributed by atoms with Gasteiger partial charge in [-0.25, -0.2) is 0 Å². The molecule has 0 fully saturated rings. The third-order valence-electron chi connectivity index (χ3n) is 2.54. The summed E-state index contributed by atoms with van der Waals surface area (Å²) < 4.78 is 0.943. The SMILES string of the molecule is OB1c2sccc2C=NN1c1ccccc1. The van der Waals surface area contributed by atoms with E-state index in [2.05, 4.69) is 5.10 Å². The Balaban J connectivity index is 2.01. The quantitative estimate of drug-likeness (QED) is 0.746. The number of benzene rings is 1. The number of anilines is 1. The fourth-order valence-corrected chi connectivity index (χ4v) is 2.57. The molecular weight excluding hydrogens is 219 g/mol. The van der Waals surface area contributed by atoms with Crippen LogP contribution in [0.5, 0.6) is 0 Å². The number of fused-ring (bicyclic) bond motifs is 1. The zero-order chi connectivity index (χ0) is 11.0. The molecule has 1 aromatic carbocycles. The van der Waals surface area contributed by atoms with Gasteiger partial charge in [-0.3, -0.25) is 4.92 Å². The van der Waals surface area contributed by atoms with Gasteiger partial charge < -0.3 is 5.02 Å². The van der Waals surface area contributed by atoms with Crippen molar-refractivity contribution < 1.29 is 5.02 Å². The maximum Gasteiger partial charge on any atom is 0.482 e. The van der Waals surface area contributed by atoms with E-state index in [-0.39, 0.29) is 0 Å².